The Morgan fingerprint density at radius 1 is 1.11 bits per heavy atom. The second-order valence-corrected chi connectivity index (χ2v) is 7.64. The van der Waals surface area contributed by atoms with Crippen molar-refractivity contribution >= 4 is 0 Å². The first kappa shape index (κ1) is 16.5. The molecule has 0 amide bonds. The average Bonchev–Trinajstić information content (AvgIpc) is 3.11. The van der Waals surface area contributed by atoms with Crippen molar-refractivity contribution in [3.05, 3.63) is 18.2 Å². The summed E-state index contributed by atoms with van der Waals surface area (Å²) in [6, 6.07) is 5.74. The molecular weight excluding hydrogens is 366 g/mol. The molecule has 0 radical (unpaired) electrons. The Balaban J connectivity index is 1.17. The van der Waals surface area contributed by atoms with Gasteiger partial charge >= 0.3 is 6.01 Å². The summed E-state index contributed by atoms with van der Waals surface area (Å²) in [5.74, 6) is 2.73. The van der Waals surface area contributed by atoms with Crippen LogP contribution in [0.3, 0.4) is 0 Å². The summed E-state index contributed by atoms with van der Waals surface area (Å²) in [5.41, 5.74) is 0. The molecule has 0 bridgehead atoms. The third kappa shape index (κ3) is 2.88. The SMILES string of the molecule is c1cc2c(cc1Oc1nnnn1C1COC3C(NCC4CC4)COC31)OCO2. The second-order valence-electron chi connectivity index (χ2n) is 7.64. The van der Waals surface area contributed by atoms with Crippen molar-refractivity contribution in [1.29, 1.82) is 0 Å². The Bertz CT molecular complexity index is 872. The molecule has 10 nitrogen and oxygen atoms in total. The Labute approximate surface area is 161 Å². The number of fused-ring (bicyclic) bond motifs is 2. The average molecular weight is 387 g/mol. The second kappa shape index (κ2) is 6.57. The lowest BCUT2D eigenvalue weighted by molar-refractivity contribution is 0.0611. The molecule has 1 aromatic heterocycles. The number of tetrazole rings is 1. The summed E-state index contributed by atoms with van der Waals surface area (Å²) in [7, 11) is 0. The normalized spacial score (nSPS) is 30.6. The molecule has 3 aliphatic heterocycles. The molecule has 1 saturated carbocycles. The number of hydrogen-bond acceptors (Lipinski definition) is 9. The monoisotopic (exact) mass is 387 g/mol. The molecule has 4 aliphatic rings. The van der Waals surface area contributed by atoms with Gasteiger partial charge in [-0.3, -0.25) is 0 Å². The van der Waals surface area contributed by atoms with Crippen molar-refractivity contribution < 1.29 is 23.7 Å². The van der Waals surface area contributed by atoms with Crippen molar-refractivity contribution in [3.8, 4) is 23.3 Å². The predicted octanol–water partition coefficient (Wildman–Crippen LogP) is 0.901. The fraction of sp³-hybridized carbons (Fsp3) is 0.611. The highest BCUT2D eigenvalue weighted by Crippen LogP contribution is 2.39. The Hall–Kier alpha value is -2.43. The third-order valence-corrected chi connectivity index (χ3v) is 5.72. The zero-order valence-corrected chi connectivity index (χ0v) is 15.2. The number of hydrogen-bond donors (Lipinski definition) is 1. The minimum atomic E-state index is -0.128. The molecule has 2 saturated heterocycles. The van der Waals surface area contributed by atoms with Crippen LogP contribution in [-0.2, 0) is 9.47 Å². The maximum Gasteiger partial charge on any atom is 0.341 e. The summed E-state index contributed by atoms with van der Waals surface area (Å²) < 4.78 is 30.4. The molecule has 4 heterocycles. The van der Waals surface area contributed by atoms with Crippen LogP contribution in [0.4, 0.5) is 0 Å². The zero-order valence-electron chi connectivity index (χ0n) is 15.2. The van der Waals surface area contributed by atoms with Gasteiger partial charge in [0.15, 0.2) is 11.5 Å². The lowest BCUT2D eigenvalue weighted by Gasteiger charge is -2.18. The fourth-order valence-electron chi connectivity index (χ4n) is 4.01. The molecule has 1 aliphatic carbocycles. The van der Waals surface area contributed by atoms with Crippen LogP contribution in [-0.4, -0.2) is 65.0 Å². The Morgan fingerprint density at radius 2 is 2.00 bits per heavy atom. The lowest BCUT2D eigenvalue weighted by atomic mass is 10.1. The van der Waals surface area contributed by atoms with Gasteiger partial charge in [0, 0.05) is 6.07 Å². The van der Waals surface area contributed by atoms with Crippen LogP contribution in [0, 0.1) is 5.92 Å². The number of rotatable bonds is 6. The summed E-state index contributed by atoms with van der Waals surface area (Å²) >= 11 is 0. The predicted molar refractivity (Wildman–Crippen MR) is 93.5 cm³/mol. The summed E-state index contributed by atoms with van der Waals surface area (Å²) in [5, 5.41) is 15.5. The maximum atomic E-state index is 6.05. The van der Waals surface area contributed by atoms with Crippen LogP contribution in [0.25, 0.3) is 0 Å². The largest absolute Gasteiger partial charge is 0.454 e. The Kier molecular flexibility index (Phi) is 3.88. The fourth-order valence-corrected chi connectivity index (χ4v) is 4.01. The molecule has 10 heteroatoms. The molecule has 3 fully saturated rings. The highest BCUT2D eigenvalue weighted by molar-refractivity contribution is 5.47. The van der Waals surface area contributed by atoms with Crippen LogP contribution < -0.4 is 19.5 Å². The van der Waals surface area contributed by atoms with E-state index in [9.17, 15) is 0 Å². The minimum Gasteiger partial charge on any atom is -0.454 e. The van der Waals surface area contributed by atoms with Crippen molar-refractivity contribution in [2.24, 2.45) is 5.92 Å². The van der Waals surface area contributed by atoms with Gasteiger partial charge in [0.2, 0.25) is 6.79 Å². The first-order valence-electron chi connectivity index (χ1n) is 9.67. The highest BCUT2D eigenvalue weighted by atomic mass is 16.7. The summed E-state index contributed by atoms with van der Waals surface area (Å²) in [4.78, 5) is 0. The van der Waals surface area contributed by atoms with E-state index in [1.165, 1.54) is 12.8 Å². The third-order valence-electron chi connectivity index (χ3n) is 5.72. The van der Waals surface area contributed by atoms with E-state index >= 15 is 0 Å². The van der Waals surface area contributed by atoms with Crippen LogP contribution in [0.5, 0.6) is 23.3 Å². The Morgan fingerprint density at radius 3 is 2.93 bits per heavy atom. The van der Waals surface area contributed by atoms with Crippen molar-refractivity contribution in [3.63, 3.8) is 0 Å². The molecule has 1 N–H and O–H groups in total. The topological polar surface area (TPSA) is 102 Å². The van der Waals surface area contributed by atoms with Gasteiger partial charge < -0.3 is 29.0 Å². The van der Waals surface area contributed by atoms with E-state index in [-0.39, 0.29) is 31.1 Å². The van der Waals surface area contributed by atoms with E-state index in [1.807, 2.05) is 0 Å². The van der Waals surface area contributed by atoms with Gasteiger partial charge in [-0.25, -0.2) is 0 Å². The van der Waals surface area contributed by atoms with E-state index in [1.54, 1.807) is 22.9 Å². The van der Waals surface area contributed by atoms with E-state index in [0.717, 1.165) is 12.5 Å². The van der Waals surface area contributed by atoms with E-state index < -0.39 is 0 Å². The summed E-state index contributed by atoms with van der Waals surface area (Å²) in [6.07, 6.45) is 2.55. The van der Waals surface area contributed by atoms with Crippen molar-refractivity contribution in [1.82, 2.24) is 25.5 Å². The number of ether oxygens (including phenoxy) is 5. The minimum absolute atomic E-state index is 0.00587. The number of nitrogens with zero attached hydrogens (tertiary/aromatic N) is 4. The van der Waals surface area contributed by atoms with Gasteiger partial charge in [-0.15, -0.1) is 0 Å². The van der Waals surface area contributed by atoms with Crippen LogP contribution in [0.1, 0.15) is 18.9 Å². The van der Waals surface area contributed by atoms with Crippen LogP contribution in [0.2, 0.25) is 0 Å². The standard InChI is InChI=1S/C18H21N5O5/c1-2-10(1)6-19-12-7-24-17-13(8-25-16(12)17)23-18(20-21-22-23)28-11-3-4-14-15(5-11)27-9-26-14/h3-5,10,12-13,16-17,19H,1-2,6-9H2. The number of benzene rings is 1. The maximum absolute atomic E-state index is 6.05. The van der Waals surface area contributed by atoms with Gasteiger partial charge in [-0.1, -0.05) is 5.10 Å². The molecule has 28 heavy (non-hydrogen) atoms. The van der Waals surface area contributed by atoms with E-state index in [0.29, 0.717) is 36.5 Å². The lowest BCUT2D eigenvalue weighted by Crippen LogP contribution is -2.41. The van der Waals surface area contributed by atoms with Crippen molar-refractivity contribution in [2.45, 2.75) is 37.1 Å². The smallest absolute Gasteiger partial charge is 0.341 e. The molecule has 148 valence electrons. The molecule has 0 spiro atoms. The van der Waals surface area contributed by atoms with E-state index in [2.05, 4.69) is 20.8 Å². The molecule has 2 aromatic rings. The molecule has 4 atom stereocenters. The molecule has 6 rings (SSSR count). The van der Waals surface area contributed by atoms with Gasteiger partial charge in [-0.05, 0) is 47.9 Å². The van der Waals surface area contributed by atoms with Crippen molar-refractivity contribution in [2.75, 3.05) is 26.6 Å². The van der Waals surface area contributed by atoms with Gasteiger partial charge in [-0.2, -0.15) is 4.68 Å². The summed E-state index contributed by atoms with van der Waals surface area (Å²) in [6.45, 7) is 2.37. The first-order chi connectivity index (χ1) is 13.8. The van der Waals surface area contributed by atoms with Gasteiger partial charge in [0.05, 0.1) is 19.3 Å². The van der Waals surface area contributed by atoms with Crippen LogP contribution >= 0.6 is 0 Å². The number of nitrogens with one attached hydrogen (secondary N) is 1. The first-order valence-corrected chi connectivity index (χ1v) is 9.67. The number of aromatic nitrogens is 4. The molecular formula is C18H21N5O5. The molecule has 4 unspecified atom stereocenters. The van der Waals surface area contributed by atoms with Gasteiger partial charge in [0.1, 0.15) is 24.0 Å². The quantitative estimate of drug-likeness (QED) is 0.774. The van der Waals surface area contributed by atoms with Gasteiger partial charge in [0.25, 0.3) is 0 Å². The van der Waals surface area contributed by atoms with Crippen LogP contribution in [0.15, 0.2) is 18.2 Å². The zero-order chi connectivity index (χ0) is 18.5. The van der Waals surface area contributed by atoms with E-state index in [4.69, 9.17) is 23.7 Å². The highest BCUT2D eigenvalue weighted by Gasteiger charge is 2.49. The molecule has 1 aromatic carbocycles.